The molecule has 1 aliphatic carbocycles. The van der Waals surface area contributed by atoms with Gasteiger partial charge in [-0.3, -0.25) is 4.79 Å². The minimum atomic E-state index is -0.199. The predicted molar refractivity (Wildman–Crippen MR) is 128 cm³/mol. The van der Waals surface area contributed by atoms with Gasteiger partial charge in [-0.05, 0) is 54.5 Å². The molecule has 4 aromatic rings. The van der Waals surface area contributed by atoms with Gasteiger partial charge in [0.25, 0.3) is 5.56 Å². The van der Waals surface area contributed by atoms with Crippen molar-refractivity contribution in [3.05, 3.63) is 91.8 Å². The topological polar surface area (TPSA) is 64.3 Å². The van der Waals surface area contributed by atoms with Gasteiger partial charge in [0.1, 0.15) is 22.2 Å². The Morgan fingerprint density at radius 3 is 2.75 bits per heavy atom. The van der Waals surface area contributed by atoms with Crippen LogP contribution in [0.1, 0.15) is 45.8 Å². The molecule has 0 amide bonds. The highest BCUT2D eigenvalue weighted by Crippen LogP contribution is 2.41. The highest BCUT2D eigenvalue weighted by molar-refractivity contribution is 7.18. The molecule has 1 aliphatic heterocycles. The minimum absolute atomic E-state index is 0.0657. The zero-order valence-corrected chi connectivity index (χ0v) is 18.5. The Bertz CT molecular complexity index is 1480. The molecule has 6 heteroatoms. The van der Waals surface area contributed by atoms with Gasteiger partial charge in [0.15, 0.2) is 0 Å². The van der Waals surface area contributed by atoms with Gasteiger partial charge in [-0.1, -0.05) is 36.4 Å². The Hall–Kier alpha value is -3.38. The van der Waals surface area contributed by atoms with Crippen LogP contribution in [0.3, 0.4) is 0 Å². The van der Waals surface area contributed by atoms with Crippen LogP contribution in [0.2, 0.25) is 0 Å². The molecule has 3 heterocycles. The number of thiophene rings is 1. The van der Waals surface area contributed by atoms with Crippen LogP contribution in [-0.4, -0.2) is 21.8 Å². The maximum Gasteiger partial charge on any atom is 0.282 e. The lowest BCUT2D eigenvalue weighted by molar-refractivity contribution is 0.408. The van der Waals surface area contributed by atoms with E-state index in [1.165, 1.54) is 10.4 Å². The summed E-state index contributed by atoms with van der Waals surface area (Å²) in [6, 6.07) is 15.4. The molecule has 2 aliphatic rings. The van der Waals surface area contributed by atoms with Gasteiger partial charge < -0.3 is 14.4 Å². The summed E-state index contributed by atoms with van der Waals surface area (Å²) in [5, 5.41) is 12.3. The van der Waals surface area contributed by atoms with E-state index >= 15 is 0 Å². The number of aryl methyl sites for hydroxylation is 2. The van der Waals surface area contributed by atoms with Gasteiger partial charge in [-0.25, -0.2) is 0 Å². The molecular formula is C26H22N2O3S. The third kappa shape index (κ3) is 2.76. The fourth-order valence-corrected chi connectivity index (χ4v) is 6.39. The minimum Gasteiger partial charge on any atom is -0.506 e. The van der Waals surface area contributed by atoms with Gasteiger partial charge in [-0.2, -0.15) is 4.98 Å². The lowest BCUT2D eigenvalue weighted by Gasteiger charge is -2.25. The van der Waals surface area contributed by atoms with Crippen LogP contribution in [-0.2, 0) is 19.4 Å². The molecule has 32 heavy (non-hydrogen) atoms. The summed E-state index contributed by atoms with van der Waals surface area (Å²) in [7, 11) is 1.59. The highest BCUT2D eigenvalue weighted by Gasteiger charge is 2.30. The number of hydrogen-bond donors (Lipinski definition) is 1. The zero-order chi connectivity index (χ0) is 21.8. The average molecular weight is 443 g/mol. The van der Waals surface area contributed by atoms with Crippen LogP contribution < -0.4 is 10.3 Å². The van der Waals surface area contributed by atoms with Crippen LogP contribution in [0, 0.1) is 0 Å². The van der Waals surface area contributed by atoms with Crippen LogP contribution in [0.25, 0.3) is 21.5 Å². The van der Waals surface area contributed by atoms with Crippen molar-refractivity contribution in [2.75, 3.05) is 7.11 Å². The predicted octanol–water partition coefficient (Wildman–Crippen LogP) is 5.18. The number of fused-ring (bicyclic) bond motifs is 6. The van der Waals surface area contributed by atoms with E-state index in [2.05, 4.69) is 15.6 Å². The number of nitrogens with zero attached hydrogens (tertiary/aromatic N) is 2. The van der Waals surface area contributed by atoms with Crippen LogP contribution in [0.4, 0.5) is 0 Å². The zero-order valence-electron chi connectivity index (χ0n) is 17.7. The molecule has 2 aromatic carbocycles. The summed E-state index contributed by atoms with van der Waals surface area (Å²) < 4.78 is 7.62. The second kappa shape index (κ2) is 7.35. The van der Waals surface area contributed by atoms with E-state index < -0.39 is 0 Å². The Morgan fingerprint density at radius 2 is 1.88 bits per heavy atom. The first-order valence-electron chi connectivity index (χ1n) is 10.9. The maximum atomic E-state index is 13.3. The summed E-state index contributed by atoms with van der Waals surface area (Å²) >= 11 is 1.71. The summed E-state index contributed by atoms with van der Waals surface area (Å²) in [5.41, 5.74) is 4.12. The van der Waals surface area contributed by atoms with Gasteiger partial charge in [0, 0.05) is 4.88 Å². The van der Waals surface area contributed by atoms with E-state index in [4.69, 9.17) is 4.74 Å². The van der Waals surface area contributed by atoms with E-state index in [0.29, 0.717) is 29.3 Å². The lowest BCUT2D eigenvalue weighted by Crippen LogP contribution is -2.23. The molecule has 5 nitrogen and oxygen atoms in total. The van der Waals surface area contributed by atoms with E-state index in [1.54, 1.807) is 18.4 Å². The van der Waals surface area contributed by atoms with E-state index in [-0.39, 0.29) is 11.3 Å². The third-order valence-electron chi connectivity index (χ3n) is 6.51. The molecule has 0 unspecified atom stereocenters. The van der Waals surface area contributed by atoms with Crippen LogP contribution in [0.15, 0.2) is 53.3 Å². The monoisotopic (exact) mass is 442 g/mol. The SMILES string of the molecule is COc1ccccc1/C(O)=C1\c2ccccc2Cn2c1nc(=O)c1c3c(sc12)CCCC3. The standard InChI is InChI=1S/C26H22N2O3S/c1-31-19-12-6-4-10-17(19)23(29)21-16-9-3-2-8-15(16)14-28-24(21)27-25(30)22-18-11-5-7-13-20(18)32-26(22)28/h2-4,6,8-10,12,29H,5,7,11,13-14H2,1H3/b23-21-. The maximum absolute atomic E-state index is 13.3. The fourth-order valence-electron chi connectivity index (χ4n) is 5.01. The number of methoxy groups -OCH3 is 1. The summed E-state index contributed by atoms with van der Waals surface area (Å²) in [4.78, 5) is 20.1. The van der Waals surface area contributed by atoms with Gasteiger partial charge in [-0.15, -0.1) is 11.3 Å². The Labute approximate surface area is 189 Å². The molecule has 2 aromatic heterocycles. The van der Waals surface area contributed by atoms with Crippen molar-refractivity contribution < 1.29 is 9.84 Å². The van der Waals surface area contributed by atoms with E-state index in [1.807, 2.05) is 42.5 Å². The fraction of sp³-hybridized carbons (Fsp3) is 0.231. The molecule has 0 fully saturated rings. The average Bonchev–Trinajstić information content (AvgIpc) is 3.23. The summed E-state index contributed by atoms with van der Waals surface area (Å²) in [5.74, 6) is 1.15. The molecule has 6 rings (SSSR count). The molecule has 0 saturated carbocycles. The number of aliphatic hydroxyl groups excluding tert-OH is 1. The molecule has 0 radical (unpaired) electrons. The van der Waals surface area contributed by atoms with Crippen LogP contribution in [0.5, 0.6) is 5.75 Å². The number of rotatable bonds is 2. The van der Waals surface area contributed by atoms with Gasteiger partial charge in [0.2, 0.25) is 0 Å². The van der Waals surface area contributed by atoms with Crippen LogP contribution >= 0.6 is 11.3 Å². The molecular weight excluding hydrogens is 420 g/mol. The van der Waals surface area contributed by atoms with E-state index in [9.17, 15) is 9.90 Å². The van der Waals surface area contributed by atoms with Crippen molar-refractivity contribution in [1.82, 2.24) is 9.55 Å². The van der Waals surface area contributed by atoms with Crippen molar-refractivity contribution in [3.8, 4) is 5.75 Å². The van der Waals surface area contributed by atoms with Crippen molar-refractivity contribution in [2.24, 2.45) is 0 Å². The lowest BCUT2D eigenvalue weighted by atomic mass is 9.92. The number of aliphatic hydroxyl groups is 1. The first-order chi connectivity index (χ1) is 15.7. The Kier molecular flexibility index (Phi) is 4.43. The summed E-state index contributed by atoms with van der Waals surface area (Å²) in [6.07, 6.45) is 4.24. The molecule has 0 bridgehead atoms. The Balaban J connectivity index is 1.71. The summed E-state index contributed by atoms with van der Waals surface area (Å²) in [6.45, 7) is 0.622. The molecule has 0 atom stereocenters. The smallest absolute Gasteiger partial charge is 0.282 e. The third-order valence-corrected chi connectivity index (χ3v) is 7.83. The highest BCUT2D eigenvalue weighted by atomic mass is 32.1. The molecule has 0 spiro atoms. The number of hydrogen-bond acceptors (Lipinski definition) is 5. The number of benzene rings is 2. The largest absolute Gasteiger partial charge is 0.506 e. The molecule has 0 saturated heterocycles. The van der Waals surface area contributed by atoms with Gasteiger partial charge in [0.05, 0.1) is 30.2 Å². The quantitative estimate of drug-likeness (QED) is 0.383. The second-order valence-electron chi connectivity index (χ2n) is 8.30. The normalized spacial score (nSPS) is 16.3. The van der Waals surface area contributed by atoms with E-state index in [0.717, 1.165) is 47.0 Å². The number of para-hydroxylation sites is 1. The van der Waals surface area contributed by atoms with Crippen molar-refractivity contribution in [2.45, 2.75) is 32.2 Å². The van der Waals surface area contributed by atoms with Crippen molar-refractivity contribution >= 4 is 32.9 Å². The first-order valence-corrected chi connectivity index (χ1v) is 11.7. The number of ether oxygens (including phenoxy) is 1. The number of aromatic nitrogens is 2. The van der Waals surface area contributed by atoms with Crippen molar-refractivity contribution in [3.63, 3.8) is 0 Å². The molecule has 160 valence electrons. The van der Waals surface area contributed by atoms with Crippen molar-refractivity contribution in [1.29, 1.82) is 0 Å². The Morgan fingerprint density at radius 1 is 1.09 bits per heavy atom. The first kappa shape index (κ1) is 19.3. The molecule has 1 N–H and O–H groups in total. The second-order valence-corrected chi connectivity index (χ2v) is 9.38. The van der Waals surface area contributed by atoms with Gasteiger partial charge >= 0.3 is 0 Å².